The van der Waals surface area contributed by atoms with Gasteiger partial charge < -0.3 is 20.3 Å². The number of nitrogens with zero attached hydrogens (tertiary/aromatic N) is 6. The van der Waals surface area contributed by atoms with E-state index in [9.17, 15) is 4.39 Å². The number of ether oxygens (including phenoxy) is 1. The van der Waals surface area contributed by atoms with Gasteiger partial charge in [-0.25, -0.2) is 14.1 Å². The Morgan fingerprint density at radius 3 is 2.32 bits per heavy atom. The van der Waals surface area contributed by atoms with Crippen LogP contribution in [0.25, 0.3) is 5.69 Å². The molecule has 0 unspecified atom stereocenters. The van der Waals surface area contributed by atoms with Crippen LogP contribution in [-0.4, -0.2) is 59.1 Å². The van der Waals surface area contributed by atoms with E-state index in [1.54, 1.807) is 23.9 Å². The molecule has 0 bridgehead atoms. The average Bonchev–Trinajstić information content (AvgIpc) is 3.27. The number of hydrogen-bond acceptors (Lipinski definition) is 5. The van der Waals surface area contributed by atoms with E-state index < -0.39 is 0 Å². The van der Waals surface area contributed by atoms with Crippen molar-refractivity contribution in [1.82, 2.24) is 19.9 Å². The maximum absolute atomic E-state index is 13.1. The van der Waals surface area contributed by atoms with E-state index in [4.69, 9.17) is 10.5 Å². The van der Waals surface area contributed by atoms with Crippen molar-refractivity contribution < 1.29 is 9.13 Å². The van der Waals surface area contributed by atoms with Gasteiger partial charge in [-0.3, -0.25) is 0 Å². The number of guanidine groups is 1. The first-order valence-electron chi connectivity index (χ1n) is 9.73. The molecule has 0 saturated carbocycles. The van der Waals surface area contributed by atoms with Crippen LogP contribution in [0.15, 0.2) is 59.7 Å². The fourth-order valence-electron chi connectivity index (χ4n) is 3.34. The highest BCUT2D eigenvalue weighted by Gasteiger charge is 2.18. The molecule has 8 nitrogen and oxygen atoms in total. The third kappa shape index (κ3) is 5.63. The molecule has 2 N–H and O–H groups in total. The third-order valence-corrected chi connectivity index (χ3v) is 5.08. The van der Waals surface area contributed by atoms with Gasteiger partial charge in [0.2, 0.25) is 0 Å². The van der Waals surface area contributed by atoms with Crippen molar-refractivity contribution >= 4 is 35.6 Å². The molecular formula is C21H25FIN7O. The lowest BCUT2D eigenvalue weighted by Gasteiger charge is -2.36. The number of anilines is 1. The summed E-state index contributed by atoms with van der Waals surface area (Å²) < 4.78 is 20.0. The summed E-state index contributed by atoms with van der Waals surface area (Å²) in [5.41, 5.74) is 8.83. The summed E-state index contributed by atoms with van der Waals surface area (Å²) in [5.74, 6) is 1.06. The Kier molecular flexibility index (Phi) is 7.66. The number of methoxy groups -OCH3 is 1. The van der Waals surface area contributed by atoms with Crippen LogP contribution in [0.3, 0.4) is 0 Å². The quantitative estimate of drug-likeness (QED) is 0.306. The molecular weight excluding hydrogens is 512 g/mol. The van der Waals surface area contributed by atoms with Gasteiger partial charge in [0.25, 0.3) is 0 Å². The molecule has 0 radical (unpaired) electrons. The highest BCUT2D eigenvalue weighted by atomic mass is 127. The molecule has 3 aromatic rings. The first kappa shape index (κ1) is 22.8. The minimum absolute atomic E-state index is 0. The smallest absolute Gasteiger partial charge is 0.191 e. The summed E-state index contributed by atoms with van der Waals surface area (Å²) >= 11 is 0. The van der Waals surface area contributed by atoms with Crippen molar-refractivity contribution in [3.05, 3.63) is 66.2 Å². The Balaban J connectivity index is 0.00000272. The number of hydrogen-bond donors (Lipinski definition) is 1. The molecule has 2 aromatic carbocycles. The molecule has 31 heavy (non-hydrogen) atoms. The van der Waals surface area contributed by atoms with E-state index in [2.05, 4.69) is 20.2 Å². The van der Waals surface area contributed by atoms with Crippen LogP contribution in [0.1, 0.15) is 5.69 Å². The highest BCUT2D eigenvalue weighted by Crippen LogP contribution is 2.17. The fraction of sp³-hybridized carbons (Fsp3) is 0.286. The average molecular weight is 537 g/mol. The van der Waals surface area contributed by atoms with Crippen LogP contribution in [0.4, 0.5) is 10.1 Å². The molecule has 0 aliphatic carbocycles. The molecule has 164 valence electrons. The van der Waals surface area contributed by atoms with Gasteiger partial charge in [-0.1, -0.05) is 5.21 Å². The molecule has 0 amide bonds. The van der Waals surface area contributed by atoms with Gasteiger partial charge in [0.05, 0.1) is 25.5 Å². The Bertz CT molecular complexity index is 999. The van der Waals surface area contributed by atoms with Gasteiger partial charge in [0, 0.05) is 31.9 Å². The highest BCUT2D eigenvalue weighted by molar-refractivity contribution is 14.0. The molecule has 1 fully saturated rings. The van der Waals surface area contributed by atoms with Gasteiger partial charge in [-0.05, 0) is 48.5 Å². The molecule has 0 atom stereocenters. The van der Waals surface area contributed by atoms with Crippen LogP contribution < -0.4 is 15.4 Å². The van der Waals surface area contributed by atoms with E-state index in [1.807, 2.05) is 35.4 Å². The second-order valence-corrected chi connectivity index (χ2v) is 6.98. The number of rotatable bonds is 5. The zero-order valence-electron chi connectivity index (χ0n) is 17.2. The van der Waals surface area contributed by atoms with E-state index in [1.165, 1.54) is 12.1 Å². The number of aliphatic imine (C=N–C) groups is 1. The first-order chi connectivity index (χ1) is 14.6. The Labute approximate surface area is 197 Å². The maximum atomic E-state index is 13.1. The molecule has 1 aliphatic heterocycles. The summed E-state index contributed by atoms with van der Waals surface area (Å²) in [6.45, 7) is 3.47. The van der Waals surface area contributed by atoms with E-state index in [0.717, 1.165) is 49.0 Å². The maximum Gasteiger partial charge on any atom is 0.191 e. The van der Waals surface area contributed by atoms with Crippen LogP contribution in [0.5, 0.6) is 5.75 Å². The van der Waals surface area contributed by atoms with Gasteiger partial charge >= 0.3 is 0 Å². The second kappa shape index (κ2) is 10.4. The van der Waals surface area contributed by atoms with E-state index in [-0.39, 0.29) is 29.8 Å². The normalized spacial score (nSPS) is 14.3. The zero-order chi connectivity index (χ0) is 20.9. The lowest BCUT2D eigenvalue weighted by molar-refractivity contribution is 0.380. The minimum Gasteiger partial charge on any atom is -0.497 e. The summed E-state index contributed by atoms with van der Waals surface area (Å²) in [6.07, 6.45) is 1.84. The van der Waals surface area contributed by atoms with Crippen molar-refractivity contribution in [3.8, 4) is 11.4 Å². The zero-order valence-corrected chi connectivity index (χ0v) is 19.5. The van der Waals surface area contributed by atoms with E-state index in [0.29, 0.717) is 12.5 Å². The summed E-state index contributed by atoms with van der Waals surface area (Å²) in [5, 5.41) is 8.32. The van der Waals surface area contributed by atoms with Crippen molar-refractivity contribution in [3.63, 3.8) is 0 Å². The van der Waals surface area contributed by atoms with Crippen LogP contribution in [-0.2, 0) is 6.54 Å². The first-order valence-corrected chi connectivity index (χ1v) is 9.73. The molecule has 2 heterocycles. The molecule has 1 aliphatic rings. The van der Waals surface area contributed by atoms with Crippen molar-refractivity contribution in [2.75, 3.05) is 38.2 Å². The largest absolute Gasteiger partial charge is 0.497 e. The number of aromatic nitrogens is 3. The van der Waals surface area contributed by atoms with Crippen LogP contribution >= 0.6 is 24.0 Å². The third-order valence-electron chi connectivity index (χ3n) is 5.08. The second-order valence-electron chi connectivity index (χ2n) is 6.98. The van der Waals surface area contributed by atoms with Gasteiger partial charge in [-0.2, -0.15) is 0 Å². The van der Waals surface area contributed by atoms with Crippen molar-refractivity contribution in [1.29, 1.82) is 0 Å². The Morgan fingerprint density at radius 1 is 1.03 bits per heavy atom. The lowest BCUT2D eigenvalue weighted by atomic mass is 10.2. The number of piperazine rings is 1. The number of halogens is 2. The Hall–Kier alpha value is -2.89. The lowest BCUT2D eigenvalue weighted by Crippen LogP contribution is -2.51. The predicted molar refractivity (Wildman–Crippen MR) is 129 cm³/mol. The van der Waals surface area contributed by atoms with Crippen LogP contribution in [0, 0.1) is 5.82 Å². The van der Waals surface area contributed by atoms with E-state index >= 15 is 0 Å². The predicted octanol–water partition coefficient (Wildman–Crippen LogP) is 2.67. The van der Waals surface area contributed by atoms with Crippen molar-refractivity contribution in [2.45, 2.75) is 6.54 Å². The summed E-state index contributed by atoms with van der Waals surface area (Å²) in [6, 6.07) is 14.1. The number of nitrogens with two attached hydrogens (primary N) is 1. The standard InChI is InChI=1S/C21H24FN7O.HI/c1-30-20-8-6-19(7-9-20)29-15-17(25-26-29)14-24-21(23)28-12-10-27(11-13-28)18-4-2-16(22)3-5-18;/h2-9,15H,10-14H2,1H3,(H2,23,24);1H. The molecule has 1 saturated heterocycles. The molecule has 4 rings (SSSR count). The summed E-state index contributed by atoms with van der Waals surface area (Å²) in [4.78, 5) is 8.74. The SMILES string of the molecule is COc1ccc(-n2cc(CN=C(N)N3CCN(c4ccc(F)cc4)CC3)nn2)cc1.I. The van der Waals surface area contributed by atoms with Gasteiger partial charge in [0.15, 0.2) is 5.96 Å². The monoisotopic (exact) mass is 537 g/mol. The molecule has 0 spiro atoms. The molecule has 1 aromatic heterocycles. The fourth-order valence-corrected chi connectivity index (χ4v) is 3.34. The minimum atomic E-state index is -0.224. The van der Waals surface area contributed by atoms with Crippen LogP contribution in [0.2, 0.25) is 0 Å². The van der Waals surface area contributed by atoms with Crippen molar-refractivity contribution in [2.24, 2.45) is 10.7 Å². The summed E-state index contributed by atoms with van der Waals surface area (Å²) in [7, 11) is 1.63. The Morgan fingerprint density at radius 2 is 1.68 bits per heavy atom. The van der Waals surface area contributed by atoms with Gasteiger partial charge in [0.1, 0.15) is 17.3 Å². The van der Waals surface area contributed by atoms with Gasteiger partial charge in [-0.15, -0.1) is 29.1 Å². The molecule has 10 heteroatoms. The topological polar surface area (TPSA) is 84.8 Å². The number of benzene rings is 2.